The van der Waals surface area contributed by atoms with Gasteiger partial charge in [0.1, 0.15) is 17.0 Å². The maximum Gasteiger partial charge on any atom is 0.433 e. The lowest BCUT2D eigenvalue weighted by molar-refractivity contribution is -0.402. The van der Waals surface area contributed by atoms with E-state index in [1.165, 1.54) is 23.9 Å². The molecule has 3 aromatic rings. The number of thioether (sulfide) groups is 1. The van der Waals surface area contributed by atoms with Crippen LogP contribution in [-0.4, -0.2) is 19.7 Å². The molecule has 0 aliphatic carbocycles. The van der Waals surface area contributed by atoms with Crippen LogP contribution in [-0.2, 0) is 0 Å². The minimum absolute atomic E-state index is 0.294. The number of benzene rings is 1. The fourth-order valence-corrected chi connectivity index (χ4v) is 2.76. The van der Waals surface area contributed by atoms with Gasteiger partial charge >= 0.3 is 5.88 Å². The molecular weight excluding hydrogens is 352 g/mol. The fourth-order valence-electron chi connectivity index (χ4n) is 1.91. The summed E-state index contributed by atoms with van der Waals surface area (Å²) in [5, 5.41) is 21.6. The largest absolute Gasteiger partial charge is 0.433 e. The smallest absolute Gasteiger partial charge is 0.401 e. The topological polar surface area (TPSA) is 87.0 Å². The van der Waals surface area contributed by atoms with Crippen molar-refractivity contribution in [3.63, 3.8) is 0 Å². The normalized spacial score (nSPS) is 11.2. The van der Waals surface area contributed by atoms with Gasteiger partial charge in [-0.05, 0) is 42.2 Å². The summed E-state index contributed by atoms with van der Waals surface area (Å²) in [5.74, 6) is 0.0933. The van der Waals surface area contributed by atoms with Crippen LogP contribution in [0.2, 0.25) is 5.02 Å². The minimum Gasteiger partial charge on any atom is -0.401 e. The van der Waals surface area contributed by atoms with E-state index in [4.69, 9.17) is 16.0 Å². The molecule has 2 aromatic heterocycles. The van der Waals surface area contributed by atoms with Crippen molar-refractivity contribution in [2.45, 2.75) is 12.1 Å². The highest BCUT2D eigenvalue weighted by atomic mass is 35.5. The fraction of sp³-hybridized carbons (Fsp3) is 0.0667. The second kappa shape index (κ2) is 6.90. The first-order valence-electron chi connectivity index (χ1n) is 6.78. The van der Waals surface area contributed by atoms with E-state index in [9.17, 15) is 10.1 Å². The van der Waals surface area contributed by atoms with E-state index >= 15 is 0 Å². The molecule has 0 radical (unpaired) electrons. The Morgan fingerprint density at radius 3 is 2.92 bits per heavy atom. The summed E-state index contributed by atoms with van der Waals surface area (Å²) in [7, 11) is 0. The van der Waals surface area contributed by atoms with Gasteiger partial charge in [-0.3, -0.25) is 14.7 Å². The first-order valence-corrected chi connectivity index (χ1v) is 8.04. The number of aryl methyl sites for hydroxylation is 1. The molecule has 9 heteroatoms. The molecule has 2 heterocycles. The Kier molecular flexibility index (Phi) is 4.68. The standard InChI is InChI=1S/C15H11ClN4O3S/c1-10-2-3-11(8-13(10)16)19-9-17-18-15(19)24-7-6-12-4-5-14(23-12)20(21)22/h2-9H,1H3/b7-6+. The average molecular weight is 363 g/mol. The van der Waals surface area contributed by atoms with Crippen molar-refractivity contribution in [3.8, 4) is 5.69 Å². The molecule has 0 aliphatic heterocycles. The molecular formula is C15H11ClN4O3S. The summed E-state index contributed by atoms with van der Waals surface area (Å²) in [4.78, 5) is 10.00. The zero-order chi connectivity index (χ0) is 17.1. The second-order valence-electron chi connectivity index (χ2n) is 4.77. The molecule has 24 heavy (non-hydrogen) atoms. The Labute approximate surface area is 146 Å². The lowest BCUT2D eigenvalue weighted by Crippen LogP contribution is -1.94. The molecule has 3 rings (SSSR count). The number of hydrogen-bond acceptors (Lipinski definition) is 6. The van der Waals surface area contributed by atoms with E-state index in [0.29, 0.717) is 15.9 Å². The van der Waals surface area contributed by atoms with Crippen LogP contribution >= 0.6 is 23.4 Å². The summed E-state index contributed by atoms with van der Waals surface area (Å²) in [6, 6.07) is 8.52. The van der Waals surface area contributed by atoms with Gasteiger partial charge in [0.25, 0.3) is 0 Å². The highest BCUT2D eigenvalue weighted by Crippen LogP contribution is 2.25. The third-order valence-corrected chi connectivity index (χ3v) is 4.32. The quantitative estimate of drug-likeness (QED) is 0.377. The Morgan fingerprint density at radius 2 is 2.21 bits per heavy atom. The molecule has 0 bridgehead atoms. The third-order valence-electron chi connectivity index (χ3n) is 3.15. The molecule has 0 amide bonds. The van der Waals surface area contributed by atoms with E-state index in [0.717, 1.165) is 11.3 Å². The van der Waals surface area contributed by atoms with Crippen LogP contribution in [0, 0.1) is 17.0 Å². The molecule has 0 saturated carbocycles. The van der Waals surface area contributed by atoms with Crippen molar-refractivity contribution in [3.05, 3.63) is 68.5 Å². The number of furan rings is 1. The summed E-state index contributed by atoms with van der Waals surface area (Å²) < 4.78 is 6.85. The Balaban J connectivity index is 1.76. The number of rotatable bonds is 5. The monoisotopic (exact) mass is 362 g/mol. The molecule has 0 N–H and O–H groups in total. The third kappa shape index (κ3) is 3.50. The van der Waals surface area contributed by atoms with Crippen LogP contribution in [0.15, 0.2) is 51.6 Å². The van der Waals surface area contributed by atoms with Crippen molar-refractivity contribution in [2.75, 3.05) is 0 Å². The molecule has 0 saturated heterocycles. The summed E-state index contributed by atoms with van der Waals surface area (Å²) in [5.41, 5.74) is 1.84. The maximum atomic E-state index is 10.6. The number of nitrogens with zero attached hydrogens (tertiary/aromatic N) is 4. The van der Waals surface area contributed by atoms with E-state index in [1.807, 2.05) is 25.1 Å². The zero-order valence-electron chi connectivity index (χ0n) is 12.4. The van der Waals surface area contributed by atoms with Gasteiger partial charge in [-0.25, -0.2) is 0 Å². The summed E-state index contributed by atoms with van der Waals surface area (Å²) in [6.45, 7) is 1.93. The molecule has 0 atom stereocenters. The van der Waals surface area contributed by atoms with Crippen LogP contribution in [0.1, 0.15) is 11.3 Å². The summed E-state index contributed by atoms with van der Waals surface area (Å²) in [6.07, 6.45) is 3.22. The second-order valence-corrected chi connectivity index (χ2v) is 6.05. The van der Waals surface area contributed by atoms with Gasteiger partial charge in [0, 0.05) is 5.02 Å². The van der Waals surface area contributed by atoms with Gasteiger partial charge in [-0.15, -0.1) is 10.2 Å². The van der Waals surface area contributed by atoms with Crippen LogP contribution in [0.3, 0.4) is 0 Å². The first kappa shape index (κ1) is 16.3. The zero-order valence-corrected chi connectivity index (χ0v) is 14.0. The van der Waals surface area contributed by atoms with Crippen molar-refractivity contribution in [1.29, 1.82) is 0 Å². The predicted molar refractivity (Wildman–Crippen MR) is 91.4 cm³/mol. The molecule has 0 unspecified atom stereocenters. The molecule has 122 valence electrons. The SMILES string of the molecule is Cc1ccc(-n2cnnc2S/C=C/c2ccc([N+](=O)[O-])o2)cc1Cl. The Morgan fingerprint density at radius 1 is 1.38 bits per heavy atom. The van der Waals surface area contributed by atoms with E-state index in [1.54, 1.807) is 22.4 Å². The van der Waals surface area contributed by atoms with Crippen molar-refractivity contribution >= 4 is 35.3 Å². The number of hydrogen-bond donors (Lipinski definition) is 0. The maximum absolute atomic E-state index is 10.6. The van der Waals surface area contributed by atoms with Crippen LogP contribution < -0.4 is 0 Å². The van der Waals surface area contributed by atoms with Crippen LogP contribution in [0.25, 0.3) is 11.8 Å². The van der Waals surface area contributed by atoms with Gasteiger partial charge < -0.3 is 4.42 Å². The Bertz CT molecular complexity index is 919. The van der Waals surface area contributed by atoms with Gasteiger partial charge in [0.15, 0.2) is 5.16 Å². The summed E-state index contributed by atoms with van der Waals surface area (Å²) >= 11 is 7.46. The Hall–Kier alpha value is -2.58. The minimum atomic E-state index is -0.581. The van der Waals surface area contributed by atoms with Gasteiger partial charge in [-0.1, -0.05) is 29.4 Å². The highest BCUT2D eigenvalue weighted by molar-refractivity contribution is 8.02. The van der Waals surface area contributed by atoms with Crippen molar-refractivity contribution in [1.82, 2.24) is 14.8 Å². The number of halogens is 1. The first-order chi connectivity index (χ1) is 11.5. The molecule has 7 nitrogen and oxygen atoms in total. The van der Waals surface area contributed by atoms with Crippen molar-refractivity contribution in [2.24, 2.45) is 0 Å². The highest BCUT2D eigenvalue weighted by Gasteiger charge is 2.10. The number of nitro groups is 1. The van der Waals surface area contributed by atoms with E-state index in [-0.39, 0.29) is 5.88 Å². The molecule has 0 fully saturated rings. The molecule has 0 spiro atoms. The lowest BCUT2D eigenvalue weighted by Gasteiger charge is -2.06. The van der Waals surface area contributed by atoms with Crippen LogP contribution in [0.4, 0.5) is 5.88 Å². The molecule has 0 aliphatic rings. The molecule has 1 aromatic carbocycles. The predicted octanol–water partition coefficient (Wildman–Crippen LogP) is 4.49. The van der Waals surface area contributed by atoms with Gasteiger partial charge in [0.2, 0.25) is 0 Å². The lowest BCUT2D eigenvalue weighted by atomic mass is 10.2. The van der Waals surface area contributed by atoms with E-state index < -0.39 is 4.92 Å². The van der Waals surface area contributed by atoms with Gasteiger partial charge in [0.05, 0.1) is 11.8 Å². The number of aromatic nitrogens is 3. The van der Waals surface area contributed by atoms with Gasteiger partial charge in [-0.2, -0.15) is 0 Å². The van der Waals surface area contributed by atoms with E-state index in [2.05, 4.69) is 10.2 Å². The van der Waals surface area contributed by atoms with Crippen molar-refractivity contribution < 1.29 is 9.34 Å². The average Bonchev–Trinajstić information content (AvgIpc) is 3.19. The van der Waals surface area contributed by atoms with Crippen LogP contribution in [0.5, 0.6) is 0 Å².